The van der Waals surface area contributed by atoms with E-state index in [9.17, 15) is 9.59 Å². The molecule has 2 heterocycles. The normalized spacial score (nSPS) is 28.0. The van der Waals surface area contributed by atoms with Crippen LogP contribution in [0.2, 0.25) is 0 Å². The van der Waals surface area contributed by atoms with Gasteiger partial charge in [0.25, 0.3) is 0 Å². The maximum Gasteiger partial charge on any atom is 0.321 e. The number of nitrogens with zero attached hydrogens (tertiary/aromatic N) is 1. The number of hydrogen-bond donors (Lipinski definition) is 0. The number of ether oxygens (including phenoxy) is 1. The van der Waals surface area contributed by atoms with E-state index in [1.165, 1.54) is 5.56 Å². The maximum absolute atomic E-state index is 11.7. The molecule has 0 bridgehead atoms. The lowest BCUT2D eigenvalue weighted by Gasteiger charge is -2.19. The predicted octanol–water partition coefficient (Wildman–Crippen LogP) is 1.35. The fraction of sp³-hybridized carbons (Fsp3) is 0.429. The summed E-state index contributed by atoms with van der Waals surface area (Å²) in [6, 6.07) is 10.2. The van der Waals surface area contributed by atoms with Crippen molar-refractivity contribution in [1.29, 1.82) is 0 Å². The molecule has 0 radical (unpaired) electrons. The van der Waals surface area contributed by atoms with Gasteiger partial charge < -0.3 is 4.74 Å². The zero-order valence-electron chi connectivity index (χ0n) is 10.1. The molecule has 0 amide bonds. The van der Waals surface area contributed by atoms with E-state index in [0.717, 1.165) is 19.5 Å². The molecule has 2 aliphatic rings. The summed E-state index contributed by atoms with van der Waals surface area (Å²) in [5.41, 5.74) is 0.665. The van der Waals surface area contributed by atoms with E-state index in [0.29, 0.717) is 6.54 Å². The highest BCUT2D eigenvalue weighted by Crippen LogP contribution is 2.40. The van der Waals surface area contributed by atoms with E-state index < -0.39 is 5.41 Å². The lowest BCUT2D eigenvalue weighted by atomic mass is 9.86. The first-order chi connectivity index (χ1) is 8.68. The Morgan fingerprint density at radius 1 is 1.22 bits per heavy atom. The van der Waals surface area contributed by atoms with Gasteiger partial charge in [-0.15, -0.1) is 0 Å². The fourth-order valence-corrected chi connectivity index (χ4v) is 2.84. The summed E-state index contributed by atoms with van der Waals surface area (Å²) >= 11 is 0. The minimum Gasteiger partial charge on any atom is -0.393 e. The van der Waals surface area contributed by atoms with Crippen LogP contribution in [0.4, 0.5) is 0 Å². The van der Waals surface area contributed by atoms with Gasteiger partial charge in [-0.25, -0.2) is 0 Å². The largest absolute Gasteiger partial charge is 0.393 e. The molecule has 0 saturated carbocycles. The van der Waals surface area contributed by atoms with Crippen LogP contribution < -0.4 is 0 Å². The average molecular weight is 245 g/mol. The highest BCUT2D eigenvalue weighted by Gasteiger charge is 2.52. The molecule has 2 fully saturated rings. The van der Waals surface area contributed by atoms with Crippen LogP contribution in [0.1, 0.15) is 18.4 Å². The van der Waals surface area contributed by atoms with Gasteiger partial charge in [0.1, 0.15) is 0 Å². The summed E-state index contributed by atoms with van der Waals surface area (Å²) in [5, 5.41) is 0. The van der Waals surface area contributed by atoms with Gasteiger partial charge >= 0.3 is 11.9 Å². The first-order valence-electron chi connectivity index (χ1n) is 6.19. The van der Waals surface area contributed by atoms with Gasteiger partial charge in [-0.3, -0.25) is 14.5 Å². The van der Waals surface area contributed by atoms with Gasteiger partial charge in [-0.05, 0) is 18.5 Å². The van der Waals surface area contributed by atoms with E-state index in [2.05, 4.69) is 17.0 Å². The van der Waals surface area contributed by atoms with Crippen molar-refractivity contribution in [3.8, 4) is 0 Å². The van der Waals surface area contributed by atoms with Gasteiger partial charge in [0.05, 0.1) is 11.8 Å². The first kappa shape index (κ1) is 11.4. The Kier molecular flexibility index (Phi) is 2.67. The molecule has 1 spiro atoms. The number of rotatable bonds is 2. The molecule has 2 saturated heterocycles. The topological polar surface area (TPSA) is 46.6 Å². The molecule has 2 aliphatic heterocycles. The van der Waals surface area contributed by atoms with Crippen LogP contribution in [0.25, 0.3) is 0 Å². The van der Waals surface area contributed by atoms with Crippen LogP contribution in [0.15, 0.2) is 30.3 Å². The van der Waals surface area contributed by atoms with Gasteiger partial charge in [0.15, 0.2) is 0 Å². The third-order valence-electron chi connectivity index (χ3n) is 3.80. The maximum atomic E-state index is 11.7. The number of benzene rings is 1. The molecular formula is C14H15NO3. The molecule has 94 valence electrons. The van der Waals surface area contributed by atoms with Crippen LogP contribution >= 0.6 is 0 Å². The van der Waals surface area contributed by atoms with E-state index in [4.69, 9.17) is 4.74 Å². The minimum absolute atomic E-state index is 0.247. The number of likely N-dealkylation sites (tertiary alicyclic amines) is 1. The first-order valence-corrected chi connectivity index (χ1v) is 6.19. The van der Waals surface area contributed by atoms with Gasteiger partial charge in [-0.1, -0.05) is 30.3 Å². The van der Waals surface area contributed by atoms with E-state index >= 15 is 0 Å². The van der Waals surface area contributed by atoms with Crippen molar-refractivity contribution in [3.05, 3.63) is 35.9 Å². The van der Waals surface area contributed by atoms with E-state index in [1.54, 1.807) is 0 Å². The predicted molar refractivity (Wildman–Crippen MR) is 64.5 cm³/mol. The molecule has 1 unspecified atom stereocenters. The molecule has 4 heteroatoms. The summed E-state index contributed by atoms with van der Waals surface area (Å²) in [6.07, 6.45) is 0.974. The smallest absolute Gasteiger partial charge is 0.321 e. The van der Waals surface area contributed by atoms with Gasteiger partial charge in [0, 0.05) is 13.1 Å². The van der Waals surface area contributed by atoms with E-state index in [1.807, 2.05) is 18.2 Å². The summed E-state index contributed by atoms with van der Waals surface area (Å²) < 4.78 is 4.69. The molecular weight excluding hydrogens is 230 g/mol. The van der Waals surface area contributed by atoms with Crippen LogP contribution in [0.3, 0.4) is 0 Å². The Labute approximate surface area is 106 Å². The van der Waals surface area contributed by atoms with Crippen molar-refractivity contribution in [2.24, 2.45) is 5.41 Å². The Bertz CT molecular complexity index is 485. The Hall–Kier alpha value is -1.68. The number of carbonyl (C=O) groups is 2. The second-order valence-corrected chi connectivity index (χ2v) is 5.16. The molecule has 0 aliphatic carbocycles. The van der Waals surface area contributed by atoms with Crippen LogP contribution in [0, 0.1) is 5.41 Å². The van der Waals surface area contributed by atoms with Crippen molar-refractivity contribution in [2.45, 2.75) is 19.4 Å². The third kappa shape index (κ3) is 1.93. The quantitative estimate of drug-likeness (QED) is 0.583. The van der Waals surface area contributed by atoms with Crippen LogP contribution in [-0.2, 0) is 20.9 Å². The average Bonchev–Trinajstić information content (AvgIpc) is 2.86. The van der Waals surface area contributed by atoms with Crippen LogP contribution in [0.5, 0.6) is 0 Å². The molecule has 18 heavy (non-hydrogen) atoms. The number of carbonyl (C=O) groups excluding carboxylic acids is 2. The number of hydrogen-bond acceptors (Lipinski definition) is 4. The highest BCUT2D eigenvalue weighted by molar-refractivity contribution is 5.97. The molecule has 1 aromatic rings. The Morgan fingerprint density at radius 3 is 2.67 bits per heavy atom. The molecule has 3 rings (SSSR count). The van der Waals surface area contributed by atoms with Crippen molar-refractivity contribution >= 4 is 11.9 Å². The summed E-state index contributed by atoms with van der Waals surface area (Å²) in [7, 11) is 0. The Balaban J connectivity index is 1.69. The number of esters is 2. The SMILES string of the molecule is O=C1CC2(CCN(Cc3ccccc3)C2)C(=O)O1. The fourth-order valence-electron chi connectivity index (χ4n) is 2.84. The van der Waals surface area contributed by atoms with Crippen molar-refractivity contribution < 1.29 is 14.3 Å². The molecule has 0 N–H and O–H groups in total. The number of cyclic esters (lactones) is 2. The molecule has 0 aromatic heterocycles. The minimum atomic E-state index is -0.564. The monoisotopic (exact) mass is 245 g/mol. The second kappa shape index (κ2) is 4.21. The summed E-state index contributed by atoms with van der Waals surface area (Å²) in [5.74, 6) is -0.704. The molecule has 4 nitrogen and oxygen atoms in total. The lowest BCUT2D eigenvalue weighted by molar-refractivity contribution is -0.154. The van der Waals surface area contributed by atoms with Gasteiger partial charge in [0.2, 0.25) is 0 Å². The zero-order chi connectivity index (χ0) is 12.6. The summed E-state index contributed by atoms with van der Waals surface area (Å²) in [6.45, 7) is 2.30. The van der Waals surface area contributed by atoms with Gasteiger partial charge in [-0.2, -0.15) is 0 Å². The molecule has 1 aromatic carbocycles. The van der Waals surface area contributed by atoms with Crippen LogP contribution in [-0.4, -0.2) is 29.9 Å². The highest BCUT2D eigenvalue weighted by atomic mass is 16.6. The van der Waals surface area contributed by atoms with Crippen molar-refractivity contribution in [1.82, 2.24) is 4.90 Å². The second-order valence-electron chi connectivity index (χ2n) is 5.16. The van der Waals surface area contributed by atoms with E-state index in [-0.39, 0.29) is 18.4 Å². The lowest BCUT2D eigenvalue weighted by Crippen LogP contribution is -2.30. The summed E-state index contributed by atoms with van der Waals surface area (Å²) in [4.78, 5) is 25.2. The van der Waals surface area contributed by atoms with Crippen molar-refractivity contribution in [2.75, 3.05) is 13.1 Å². The zero-order valence-corrected chi connectivity index (χ0v) is 10.1. The Morgan fingerprint density at radius 2 is 2.00 bits per heavy atom. The third-order valence-corrected chi connectivity index (χ3v) is 3.80. The standard InChI is InChI=1S/C14H15NO3/c16-12-8-14(13(17)18-12)6-7-15(10-14)9-11-4-2-1-3-5-11/h1-5H,6-10H2. The molecule has 1 atom stereocenters. The van der Waals surface area contributed by atoms with Crippen molar-refractivity contribution in [3.63, 3.8) is 0 Å².